The maximum absolute atomic E-state index is 12.4. The molecule has 0 aromatic heterocycles. The van der Waals surface area contributed by atoms with Gasteiger partial charge in [-0.05, 0) is 30.3 Å². The van der Waals surface area contributed by atoms with Gasteiger partial charge in [0.15, 0.2) is 0 Å². The molecule has 0 bridgehead atoms. The number of ether oxygens (including phenoxy) is 1. The van der Waals surface area contributed by atoms with E-state index < -0.39 is 34.6 Å². The minimum absolute atomic E-state index is 0.242. The highest BCUT2D eigenvalue weighted by atomic mass is 16.6. The molecule has 0 aromatic carbocycles. The van der Waals surface area contributed by atoms with Crippen molar-refractivity contribution in [3.05, 3.63) is 11.6 Å². The zero-order valence-corrected chi connectivity index (χ0v) is 11.8. The largest absolute Gasteiger partial charge is 0.435 e. The van der Waals surface area contributed by atoms with Crippen LogP contribution in [0.5, 0.6) is 0 Å². The first-order valence-corrected chi connectivity index (χ1v) is 7.07. The van der Waals surface area contributed by atoms with Gasteiger partial charge in [-0.2, -0.15) is 0 Å². The van der Waals surface area contributed by atoms with Gasteiger partial charge in [0.05, 0.1) is 11.5 Å². The fourth-order valence-corrected chi connectivity index (χ4v) is 4.58. The van der Waals surface area contributed by atoms with Crippen LogP contribution in [0.4, 0.5) is 0 Å². The molecule has 20 heavy (non-hydrogen) atoms. The fraction of sp³-hybridized carbons (Fsp3) is 0.733. The summed E-state index contributed by atoms with van der Waals surface area (Å²) in [6.07, 6.45) is 3.21. The summed E-state index contributed by atoms with van der Waals surface area (Å²) in [6.45, 7) is 3.87. The lowest BCUT2D eigenvalue weighted by atomic mass is 9.45. The molecule has 1 saturated heterocycles. The fourth-order valence-electron chi connectivity index (χ4n) is 4.58. The van der Waals surface area contributed by atoms with Crippen LogP contribution in [0, 0.1) is 16.7 Å². The SMILES string of the molecule is CC1(C)CCC[C@]23C(=O)O[C@H](O)[C@H]2C(C=O)=CC[C@@]13O. The molecular weight excluding hydrogens is 260 g/mol. The lowest BCUT2D eigenvalue weighted by Crippen LogP contribution is -2.66. The first-order chi connectivity index (χ1) is 9.30. The smallest absolute Gasteiger partial charge is 0.318 e. The van der Waals surface area contributed by atoms with Crippen molar-refractivity contribution in [2.24, 2.45) is 16.7 Å². The molecule has 5 heteroatoms. The quantitative estimate of drug-likeness (QED) is 0.551. The number of aldehydes is 1. The Morgan fingerprint density at radius 3 is 2.75 bits per heavy atom. The first-order valence-electron chi connectivity index (χ1n) is 7.07. The molecule has 0 aromatic rings. The number of hydrogen-bond donors (Lipinski definition) is 2. The minimum atomic E-state index is -1.35. The maximum Gasteiger partial charge on any atom is 0.318 e. The normalized spacial score (nSPS) is 46.0. The highest BCUT2D eigenvalue weighted by Gasteiger charge is 2.73. The van der Waals surface area contributed by atoms with Crippen molar-refractivity contribution in [3.8, 4) is 0 Å². The van der Waals surface area contributed by atoms with Crippen LogP contribution in [-0.2, 0) is 14.3 Å². The Labute approximate surface area is 117 Å². The predicted octanol–water partition coefficient (Wildman–Crippen LogP) is 0.934. The average Bonchev–Trinajstić information content (AvgIpc) is 2.63. The van der Waals surface area contributed by atoms with Gasteiger partial charge in [0, 0.05) is 0 Å². The standard InChI is InChI=1S/C15H20O5/c1-13(2)5-3-6-14-10(11(17)20-12(14)18)9(8-16)4-7-15(13,14)19/h4,8,10-11,17,19H,3,5-7H2,1-2H3/t10-,11+,14-,15-/m1/s1. The zero-order chi connectivity index (χ0) is 14.8. The predicted molar refractivity (Wildman–Crippen MR) is 69.4 cm³/mol. The summed E-state index contributed by atoms with van der Waals surface area (Å²) in [5, 5.41) is 21.4. The summed E-state index contributed by atoms with van der Waals surface area (Å²) in [5.74, 6) is -1.33. The molecule has 3 rings (SSSR count). The van der Waals surface area contributed by atoms with Crippen LogP contribution in [-0.4, -0.2) is 34.4 Å². The molecule has 1 saturated carbocycles. The van der Waals surface area contributed by atoms with Crippen LogP contribution in [0.1, 0.15) is 39.5 Å². The summed E-state index contributed by atoms with van der Waals surface area (Å²) in [4.78, 5) is 23.7. The first kappa shape index (κ1) is 13.8. The van der Waals surface area contributed by atoms with Crippen LogP contribution in [0.15, 0.2) is 11.6 Å². The van der Waals surface area contributed by atoms with Crippen LogP contribution < -0.4 is 0 Å². The third-order valence-corrected chi connectivity index (χ3v) is 5.77. The second-order valence-corrected chi connectivity index (χ2v) is 6.87. The molecular formula is C15H20O5. The van der Waals surface area contributed by atoms with Crippen molar-refractivity contribution < 1.29 is 24.5 Å². The van der Waals surface area contributed by atoms with E-state index in [0.717, 1.165) is 12.8 Å². The second-order valence-electron chi connectivity index (χ2n) is 6.87. The Morgan fingerprint density at radius 1 is 1.40 bits per heavy atom. The van der Waals surface area contributed by atoms with E-state index in [1.54, 1.807) is 6.08 Å². The summed E-state index contributed by atoms with van der Waals surface area (Å²) >= 11 is 0. The van der Waals surface area contributed by atoms with Crippen molar-refractivity contribution in [2.75, 3.05) is 0 Å². The summed E-state index contributed by atoms with van der Waals surface area (Å²) in [7, 11) is 0. The van der Waals surface area contributed by atoms with Gasteiger partial charge in [-0.25, -0.2) is 0 Å². The number of cyclic esters (lactones) is 1. The molecule has 1 heterocycles. The highest BCUT2D eigenvalue weighted by Crippen LogP contribution is 2.65. The minimum Gasteiger partial charge on any atom is -0.435 e. The van der Waals surface area contributed by atoms with Gasteiger partial charge in [-0.1, -0.05) is 26.3 Å². The van der Waals surface area contributed by atoms with E-state index in [9.17, 15) is 19.8 Å². The van der Waals surface area contributed by atoms with Crippen LogP contribution in [0.25, 0.3) is 0 Å². The number of carbonyl (C=O) groups is 2. The third kappa shape index (κ3) is 1.30. The molecule has 2 fully saturated rings. The van der Waals surface area contributed by atoms with Gasteiger partial charge in [-0.3, -0.25) is 9.59 Å². The molecule has 4 atom stereocenters. The monoisotopic (exact) mass is 280 g/mol. The number of aliphatic hydroxyl groups is 2. The van der Waals surface area contributed by atoms with Gasteiger partial charge < -0.3 is 14.9 Å². The maximum atomic E-state index is 12.4. The van der Waals surface area contributed by atoms with E-state index in [-0.39, 0.29) is 6.42 Å². The molecule has 110 valence electrons. The van der Waals surface area contributed by atoms with E-state index in [4.69, 9.17) is 4.74 Å². The van der Waals surface area contributed by atoms with Crippen LogP contribution in [0.3, 0.4) is 0 Å². The number of aliphatic hydroxyl groups excluding tert-OH is 1. The van der Waals surface area contributed by atoms with Gasteiger partial charge in [0.25, 0.3) is 0 Å². The van der Waals surface area contributed by atoms with Crippen molar-refractivity contribution >= 4 is 12.3 Å². The Balaban J connectivity index is 2.25. The van der Waals surface area contributed by atoms with E-state index >= 15 is 0 Å². The van der Waals surface area contributed by atoms with Crippen molar-refractivity contribution in [1.82, 2.24) is 0 Å². The third-order valence-electron chi connectivity index (χ3n) is 5.77. The summed E-state index contributed by atoms with van der Waals surface area (Å²) in [5.41, 5.74) is -2.59. The van der Waals surface area contributed by atoms with Crippen molar-refractivity contribution in [3.63, 3.8) is 0 Å². The van der Waals surface area contributed by atoms with Crippen molar-refractivity contribution in [2.45, 2.75) is 51.4 Å². The van der Waals surface area contributed by atoms with Gasteiger partial charge in [0.2, 0.25) is 6.29 Å². The summed E-state index contributed by atoms with van der Waals surface area (Å²) < 4.78 is 5.02. The van der Waals surface area contributed by atoms with Gasteiger partial charge >= 0.3 is 5.97 Å². The lowest BCUT2D eigenvalue weighted by Gasteiger charge is -2.58. The number of rotatable bonds is 1. The molecule has 5 nitrogen and oxygen atoms in total. The highest BCUT2D eigenvalue weighted by molar-refractivity contribution is 5.87. The zero-order valence-electron chi connectivity index (χ0n) is 11.8. The van der Waals surface area contributed by atoms with Crippen LogP contribution >= 0.6 is 0 Å². The topological polar surface area (TPSA) is 83.8 Å². The number of esters is 1. The molecule has 0 amide bonds. The summed E-state index contributed by atoms with van der Waals surface area (Å²) in [6, 6.07) is 0. The Hall–Kier alpha value is -1.20. The van der Waals surface area contributed by atoms with Gasteiger partial charge in [0.1, 0.15) is 11.7 Å². The van der Waals surface area contributed by atoms with Crippen molar-refractivity contribution in [1.29, 1.82) is 0 Å². The molecule has 0 radical (unpaired) electrons. The Morgan fingerprint density at radius 2 is 2.10 bits per heavy atom. The molecule has 3 aliphatic rings. The number of hydrogen-bond acceptors (Lipinski definition) is 5. The second kappa shape index (κ2) is 3.92. The Bertz CT molecular complexity index is 508. The number of carbonyl (C=O) groups excluding carboxylic acids is 2. The molecule has 2 aliphatic carbocycles. The molecule has 0 unspecified atom stereocenters. The molecule has 1 spiro atoms. The van der Waals surface area contributed by atoms with E-state index in [2.05, 4.69) is 0 Å². The van der Waals surface area contributed by atoms with Crippen LogP contribution in [0.2, 0.25) is 0 Å². The van der Waals surface area contributed by atoms with E-state index in [1.165, 1.54) is 0 Å². The van der Waals surface area contributed by atoms with Gasteiger partial charge in [-0.15, -0.1) is 0 Å². The molecule has 1 aliphatic heterocycles. The molecule has 2 N–H and O–H groups in total. The van der Waals surface area contributed by atoms with E-state index in [0.29, 0.717) is 18.3 Å². The lowest BCUT2D eigenvalue weighted by molar-refractivity contribution is -0.207. The Kier molecular flexibility index (Phi) is 2.70. The average molecular weight is 280 g/mol. The van der Waals surface area contributed by atoms with E-state index in [1.807, 2.05) is 13.8 Å².